The van der Waals surface area contributed by atoms with E-state index in [1.165, 1.54) is 21.5 Å². The molecule has 0 bridgehead atoms. The third-order valence-electron chi connectivity index (χ3n) is 15.4. The number of aromatic amines is 1. The number of imidazole rings is 1. The van der Waals surface area contributed by atoms with Gasteiger partial charge in [-0.05, 0) is 132 Å². The van der Waals surface area contributed by atoms with Crippen LogP contribution in [-0.2, 0) is 17.3 Å². The van der Waals surface area contributed by atoms with Crippen LogP contribution >= 0.6 is 0 Å². The van der Waals surface area contributed by atoms with Crippen LogP contribution in [0.15, 0.2) is 81.2 Å². The molecular formula is C50H51F2N11O5. The molecule has 3 fully saturated rings. The Morgan fingerprint density at radius 2 is 1.66 bits per heavy atom. The van der Waals surface area contributed by atoms with Gasteiger partial charge in [0.2, 0.25) is 0 Å². The molecule has 3 aliphatic heterocycles. The van der Waals surface area contributed by atoms with Gasteiger partial charge < -0.3 is 14.2 Å². The van der Waals surface area contributed by atoms with Crippen molar-refractivity contribution >= 4 is 27.7 Å². The molecule has 12 rings (SSSR count). The van der Waals surface area contributed by atoms with Crippen molar-refractivity contribution in [1.82, 2.24) is 53.2 Å². The third-order valence-corrected chi connectivity index (χ3v) is 15.4. The van der Waals surface area contributed by atoms with Gasteiger partial charge in [0.15, 0.2) is 11.6 Å². The number of nitrogens with zero attached hydrogens (tertiary/aromatic N) is 10. The Morgan fingerprint density at radius 3 is 2.35 bits per heavy atom. The summed E-state index contributed by atoms with van der Waals surface area (Å²) in [4.78, 5) is 50.3. The summed E-state index contributed by atoms with van der Waals surface area (Å²) >= 11 is 0. The van der Waals surface area contributed by atoms with E-state index in [4.69, 9.17) is 14.4 Å². The number of nitrogens with one attached hydrogen (secondary N) is 1. The third kappa shape index (κ3) is 5.95. The fourth-order valence-electron chi connectivity index (χ4n) is 11.9. The van der Waals surface area contributed by atoms with E-state index in [9.17, 15) is 9.59 Å². The molecule has 0 spiro atoms. The first-order chi connectivity index (χ1) is 32.5. The molecule has 16 nitrogen and oxygen atoms in total. The highest BCUT2D eigenvalue weighted by Crippen LogP contribution is 2.57. The van der Waals surface area contributed by atoms with Crippen molar-refractivity contribution in [1.29, 1.82) is 0 Å². The van der Waals surface area contributed by atoms with E-state index in [1.807, 2.05) is 29.5 Å². The van der Waals surface area contributed by atoms with E-state index < -0.39 is 35.0 Å². The highest BCUT2D eigenvalue weighted by atomic mass is 19.1. The summed E-state index contributed by atoms with van der Waals surface area (Å²) in [6, 6.07) is 14.3. The molecule has 1 N–H and O–H groups in total. The molecule has 1 amide bonds. The highest BCUT2D eigenvalue weighted by molar-refractivity contribution is 6.00. The average Bonchev–Trinajstić information content (AvgIpc) is 3.93. The molecule has 1 saturated carbocycles. The number of hydrogen-bond donors (Lipinski definition) is 1. The molecule has 6 atom stereocenters. The molecule has 5 aromatic heterocycles. The van der Waals surface area contributed by atoms with Crippen LogP contribution in [0.2, 0.25) is 0 Å². The fraction of sp³-hybridized carbons (Fsp3) is 0.400. The number of aryl methyl sites for hydroxylation is 3. The predicted octanol–water partition coefficient (Wildman–Crippen LogP) is 7.25. The number of ether oxygens (including phenoxy) is 1. The van der Waals surface area contributed by atoms with E-state index in [-0.39, 0.29) is 46.2 Å². The van der Waals surface area contributed by atoms with Crippen LogP contribution in [-0.4, -0.2) is 91.1 Å². The predicted molar refractivity (Wildman–Crippen MR) is 248 cm³/mol. The number of likely N-dealkylation sites (tertiary alicyclic amines) is 1. The monoisotopic (exact) mass is 923 g/mol. The van der Waals surface area contributed by atoms with Crippen LogP contribution in [0, 0.1) is 31.4 Å². The summed E-state index contributed by atoms with van der Waals surface area (Å²) in [5, 5.41) is 14.8. The Morgan fingerprint density at radius 1 is 0.926 bits per heavy atom. The molecule has 2 unspecified atom stereocenters. The molecule has 1 aliphatic carbocycles. The Labute approximate surface area is 388 Å². The van der Waals surface area contributed by atoms with Gasteiger partial charge in [0, 0.05) is 49.1 Å². The summed E-state index contributed by atoms with van der Waals surface area (Å²) in [6.07, 6.45) is 6.43. The molecule has 18 heteroatoms. The highest BCUT2D eigenvalue weighted by Gasteiger charge is 2.60. The summed E-state index contributed by atoms with van der Waals surface area (Å²) < 4.78 is 50.7. The number of aromatic nitrogens is 9. The zero-order chi connectivity index (χ0) is 47.5. The first-order valence-electron chi connectivity index (χ1n) is 23.2. The van der Waals surface area contributed by atoms with Crippen molar-refractivity contribution in [3.63, 3.8) is 0 Å². The van der Waals surface area contributed by atoms with E-state index in [0.717, 1.165) is 29.3 Å². The molecule has 8 heterocycles. The Bertz CT molecular complexity index is 3530. The van der Waals surface area contributed by atoms with Gasteiger partial charge in [-0.1, -0.05) is 18.1 Å². The van der Waals surface area contributed by atoms with Crippen LogP contribution in [0.1, 0.15) is 109 Å². The number of benzene rings is 3. The summed E-state index contributed by atoms with van der Waals surface area (Å²) in [5.74, 6) is -1.22. The largest absolute Gasteiger partial charge is 0.438 e. The second-order valence-electron chi connectivity index (χ2n) is 20.2. The van der Waals surface area contributed by atoms with Crippen molar-refractivity contribution in [3.05, 3.63) is 139 Å². The molecule has 8 aromatic rings. The van der Waals surface area contributed by atoms with E-state index in [0.29, 0.717) is 70.5 Å². The first-order valence-corrected chi connectivity index (χ1v) is 23.2. The van der Waals surface area contributed by atoms with E-state index in [2.05, 4.69) is 59.1 Å². The molecule has 0 radical (unpaired) electrons. The second-order valence-corrected chi connectivity index (χ2v) is 20.2. The van der Waals surface area contributed by atoms with E-state index in [1.54, 1.807) is 60.7 Å². The molecule has 4 aliphatic rings. The molecule has 350 valence electrons. The average molecular weight is 924 g/mol. The van der Waals surface area contributed by atoms with Gasteiger partial charge in [0.05, 0.1) is 57.9 Å². The topological polar surface area (TPSA) is 159 Å². The van der Waals surface area contributed by atoms with Gasteiger partial charge in [0.25, 0.3) is 5.91 Å². The lowest BCUT2D eigenvalue weighted by Crippen LogP contribution is -2.65. The zero-order valence-corrected chi connectivity index (χ0v) is 39.0. The number of carbonyl (C=O) groups excluding carboxylic acids is 1. The number of amides is 1. The maximum atomic E-state index is 16.3. The summed E-state index contributed by atoms with van der Waals surface area (Å²) in [5.41, 5.74) is 3.96. The first kappa shape index (κ1) is 42.4. The SMILES string of the molecule is Cc1cc(-n2nc3c(c2-n2ccn(-c4ccc5c(cnn5C)c4F)c2=O)[C@H](C)N(C(=O)c2cc4cc([C@H]5CCOC(C)(C)C5)ccc4n2[C@@]2(c4noc(=O)[nH]4)C[C@@H]2C)C2C3CN2C)cc(C)c1F. The van der Waals surface area contributed by atoms with Crippen molar-refractivity contribution in [2.24, 2.45) is 13.0 Å². The number of likely N-dealkylation sites (N-methyl/N-ethyl adjacent to an activating group) is 1. The van der Waals surface area contributed by atoms with Gasteiger partial charge in [0.1, 0.15) is 22.9 Å². The molecule has 3 aromatic carbocycles. The number of halogens is 2. The zero-order valence-electron chi connectivity index (χ0n) is 39.0. The minimum absolute atomic E-state index is 0.0158. The van der Waals surface area contributed by atoms with Crippen LogP contribution in [0.4, 0.5) is 8.78 Å². The minimum atomic E-state index is -0.880. The lowest BCUT2D eigenvalue weighted by atomic mass is 9.81. The molecular weight excluding hydrogens is 873 g/mol. The number of hydrogen-bond acceptors (Lipinski definition) is 9. The van der Waals surface area contributed by atoms with Crippen molar-refractivity contribution in [2.45, 2.75) is 96.0 Å². The smallest absolute Gasteiger partial charge is 0.376 e. The van der Waals surface area contributed by atoms with Crippen LogP contribution in [0.25, 0.3) is 39.0 Å². The summed E-state index contributed by atoms with van der Waals surface area (Å²) in [6.45, 7) is 12.8. The van der Waals surface area contributed by atoms with Gasteiger partial charge in [-0.3, -0.25) is 33.0 Å². The van der Waals surface area contributed by atoms with E-state index >= 15 is 13.6 Å². The number of rotatable bonds is 7. The maximum Gasteiger partial charge on any atom is 0.438 e. The van der Waals surface area contributed by atoms with Crippen molar-refractivity contribution in [3.8, 4) is 17.2 Å². The maximum absolute atomic E-state index is 16.3. The summed E-state index contributed by atoms with van der Waals surface area (Å²) in [7, 11) is 3.70. The number of carbonyl (C=O) groups is 1. The van der Waals surface area contributed by atoms with Crippen molar-refractivity contribution < 1.29 is 22.8 Å². The standard InChI is InChI=1S/C50H51F2N11O5/c1-25-17-32(18-26(2)40(25)51)63-44(60-15-14-59(48(60)66)37-12-11-36-33(41(37)52)23-53-58(36)8)39-28(4)61(43-34(24-57(43)7)42(39)55-63)45(64)38-20-31-19-29(30-13-16-67-49(5,6)22-30)9-10-35(31)62(38)50(21-27(50)3)46-54-47(65)68-56-46/h9-12,14-15,17-20,23,27-28,30,34,43H,13,16,21-22,24H2,1-8H3,(H,54,56,65)/t27-,28-,30-,34?,43?,50-/m0/s1. The number of H-pyrrole nitrogens is 1. The van der Waals surface area contributed by atoms with Crippen LogP contribution < -0.4 is 11.4 Å². The Kier molecular flexibility index (Phi) is 9.08. The fourth-order valence-corrected chi connectivity index (χ4v) is 11.9. The molecule has 2 saturated heterocycles. The number of fused-ring (bicyclic) bond motifs is 5. The van der Waals surface area contributed by atoms with Gasteiger partial charge in [-0.15, -0.1) is 0 Å². The lowest BCUT2D eigenvalue weighted by molar-refractivity contribution is -0.0593. The molecule has 68 heavy (non-hydrogen) atoms. The van der Waals surface area contributed by atoms with Crippen molar-refractivity contribution in [2.75, 3.05) is 20.2 Å². The minimum Gasteiger partial charge on any atom is -0.376 e. The van der Waals surface area contributed by atoms with Gasteiger partial charge >= 0.3 is 11.4 Å². The van der Waals surface area contributed by atoms with Gasteiger partial charge in [-0.25, -0.2) is 23.1 Å². The van der Waals surface area contributed by atoms with Crippen LogP contribution in [0.3, 0.4) is 0 Å². The lowest BCUT2D eigenvalue weighted by Gasteiger charge is -2.55. The quantitative estimate of drug-likeness (QED) is 0.174. The second kappa shape index (κ2) is 14.5. The normalized spacial score (nSPS) is 24.4. The van der Waals surface area contributed by atoms with Crippen LogP contribution in [0.5, 0.6) is 0 Å². The van der Waals surface area contributed by atoms with Gasteiger partial charge in [-0.2, -0.15) is 10.2 Å². The Hall–Kier alpha value is -6.92. The Balaban J connectivity index is 1.04.